The average Bonchev–Trinajstić information content (AvgIpc) is 3.29. The van der Waals surface area contributed by atoms with E-state index in [1.54, 1.807) is 0 Å². The van der Waals surface area contributed by atoms with Crippen molar-refractivity contribution >= 4 is 17.7 Å². The topological polar surface area (TPSA) is 87.5 Å². The molecule has 0 spiro atoms. The molecule has 210 valence electrons. The summed E-state index contributed by atoms with van der Waals surface area (Å²) in [7, 11) is 0. The lowest BCUT2D eigenvalue weighted by Gasteiger charge is -2.70. The van der Waals surface area contributed by atoms with Gasteiger partial charge in [0.25, 0.3) is 0 Å². The Morgan fingerprint density at radius 3 is 2.31 bits per heavy atom. The summed E-state index contributed by atoms with van der Waals surface area (Å²) in [6, 6.07) is 2.19. The zero-order valence-electron chi connectivity index (χ0n) is 24.8. The summed E-state index contributed by atoms with van der Waals surface area (Å²) < 4.78 is 5.46. The van der Waals surface area contributed by atoms with E-state index in [-0.39, 0.29) is 62.8 Å². The average molecular weight is 533 g/mol. The van der Waals surface area contributed by atoms with Gasteiger partial charge in [-0.05, 0) is 79.1 Å². The molecular formula is C33H44N2O4. The van der Waals surface area contributed by atoms with Crippen molar-refractivity contribution in [2.75, 3.05) is 13.2 Å². The first-order chi connectivity index (χ1) is 18.1. The summed E-state index contributed by atoms with van der Waals surface area (Å²) in [5.41, 5.74) is -0.606. The van der Waals surface area contributed by atoms with E-state index in [4.69, 9.17) is 4.74 Å². The van der Waals surface area contributed by atoms with E-state index in [1.807, 2.05) is 30.9 Å². The molecule has 1 amide bonds. The molecule has 6 rings (SSSR count). The largest absolute Gasteiger partial charge is 0.448 e. The smallest absolute Gasteiger partial charge is 0.410 e. The highest BCUT2D eigenvalue weighted by molar-refractivity contribution is 6.04. The molecule has 0 aromatic rings. The van der Waals surface area contributed by atoms with E-state index in [0.29, 0.717) is 13.2 Å². The summed E-state index contributed by atoms with van der Waals surface area (Å²) in [4.78, 5) is 42.8. The van der Waals surface area contributed by atoms with Gasteiger partial charge in [-0.25, -0.2) is 4.79 Å². The van der Waals surface area contributed by atoms with Crippen LogP contribution in [0.4, 0.5) is 4.79 Å². The van der Waals surface area contributed by atoms with Crippen molar-refractivity contribution in [3.8, 4) is 6.07 Å². The third-order valence-electron chi connectivity index (χ3n) is 13.1. The zero-order chi connectivity index (χ0) is 28.4. The van der Waals surface area contributed by atoms with E-state index < -0.39 is 10.8 Å². The number of rotatable bonds is 1. The second kappa shape index (κ2) is 7.86. The minimum Gasteiger partial charge on any atom is -0.448 e. The summed E-state index contributed by atoms with van der Waals surface area (Å²) in [5.74, 6) is 0.0382. The van der Waals surface area contributed by atoms with Crippen LogP contribution in [0.2, 0.25) is 0 Å². The van der Waals surface area contributed by atoms with Gasteiger partial charge in [0.15, 0.2) is 11.6 Å². The first-order valence-corrected chi connectivity index (χ1v) is 15.0. The zero-order valence-corrected chi connectivity index (χ0v) is 24.8. The van der Waals surface area contributed by atoms with Gasteiger partial charge < -0.3 is 4.74 Å². The van der Waals surface area contributed by atoms with Gasteiger partial charge >= 0.3 is 6.09 Å². The van der Waals surface area contributed by atoms with Crippen LogP contribution >= 0.6 is 0 Å². The molecule has 3 saturated carbocycles. The third-order valence-corrected chi connectivity index (χ3v) is 13.1. The Morgan fingerprint density at radius 1 is 0.974 bits per heavy atom. The van der Waals surface area contributed by atoms with Crippen LogP contribution in [0.5, 0.6) is 0 Å². The molecule has 6 heteroatoms. The van der Waals surface area contributed by atoms with Crippen LogP contribution < -0.4 is 0 Å². The number of ketones is 2. The second-order valence-electron chi connectivity index (χ2n) is 15.6. The normalized spacial score (nSPS) is 46.1. The number of hydrogen-bond donors (Lipinski definition) is 0. The molecule has 0 bridgehead atoms. The summed E-state index contributed by atoms with van der Waals surface area (Å²) >= 11 is 0. The molecule has 0 aromatic heterocycles. The molecule has 6 nitrogen and oxygen atoms in total. The molecule has 2 unspecified atom stereocenters. The Hall–Kier alpha value is -2.42. The van der Waals surface area contributed by atoms with Crippen LogP contribution in [0.3, 0.4) is 0 Å². The molecule has 1 heterocycles. The molecule has 4 fully saturated rings. The second-order valence-corrected chi connectivity index (χ2v) is 15.6. The molecule has 0 radical (unpaired) electrons. The van der Waals surface area contributed by atoms with E-state index in [0.717, 1.165) is 50.5 Å². The van der Waals surface area contributed by atoms with Crippen molar-refractivity contribution in [3.05, 3.63) is 23.3 Å². The highest BCUT2D eigenvalue weighted by Crippen LogP contribution is 2.73. The molecule has 1 aliphatic heterocycles. The third kappa shape index (κ3) is 3.17. The lowest BCUT2D eigenvalue weighted by Crippen LogP contribution is -2.69. The maximum atomic E-state index is 14.6. The van der Waals surface area contributed by atoms with Gasteiger partial charge in [-0.3, -0.25) is 14.5 Å². The molecule has 5 aliphatic carbocycles. The van der Waals surface area contributed by atoms with Gasteiger partial charge in [-0.2, -0.15) is 5.26 Å². The number of amides is 1. The molecule has 1 saturated heterocycles. The Bertz CT molecular complexity index is 1280. The summed E-state index contributed by atoms with van der Waals surface area (Å²) in [6.45, 7) is 16.5. The Kier molecular flexibility index (Phi) is 5.40. The van der Waals surface area contributed by atoms with Crippen molar-refractivity contribution in [1.82, 2.24) is 4.90 Å². The fourth-order valence-corrected chi connectivity index (χ4v) is 10.9. The fraction of sp³-hybridized carbons (Fsp3) is 0.758. The number of fused-ring (bicyclic) bond motifs is 7. The minimum atomic E-state index is -0.664. The number of Topliss-reactive ketones (excluding diaryl/α,β-unsaturated/α-hetero) is 1. The number of cyclic esters (lactones) is 1. The van der Waals surface area contributed by atoms with E-state index in [1.165, 1.54) is 0 Å². The van der Waals surface area contributed by atoms with Crippen molar-refractivity contribution in [2.45, 2.75) is 99.0 Å². The summed E-state index contributed by atoms with van der Waals surface area (Å²) in [5, 5.41) is 9.91. The van der Waals surface area contributed by atoms with E-state index in [2.05, 4.69) is 40.7 Å². The number of carbonyl (C=O) groups excluding carboxylic acids is 3. The standard InChI is InChI=1S/C33H44N2O4/c1-28(2)10-12-33(35-14-15-39-27(35)38)13-11-32(7)25(21(33)18-28)22(36)16-24-30(5)17-20(19-34)26(37)29(3,4)23(30)8-9-31(24,32)6/h16-17,21,23,25H,8-15,18H2,1-7H3/t21?,23?,25-,30-,31+,32+,33-/m0/s1. The molecule has 6 aliphatic rings. The van der Waals surface area contributed by atoms with Crippen LogP contribution in [0, 0.1) is 56.2 Å². The quantitative estimate of drug-likeness (QED) is 0.389. The maximum Gasteiger partial charge on any atom is 0.410 e. The number of nitriles is 1. The maximum absolute atomic E-state index is 14.6. The molecule has 0 aromatic carbocycles. The van der Waals surface area contributed by atoms with Gasteiger partial charge in [0.05, 0.1) is 12.1 Å². The van der Waals surface area contributed by atoms with Gasteiger partial charge in [0.2, 0.25) is 0 Å². The SMILES string of the molecule is CC1(C)CC[C@]2(N3CCOC3=O)CC[C@]3(C)[C@H](C(=O)C=C4[C@@]5(C)C=C(C#N)C(=O)C(C)(C)C5CC[C@]43C)C2C1. The van der Waals surface area contributed by atoms with Crippen LogP contribution in [-0.2, 0) is 14.3 Å². The molecular weight excluding hydrogens is 488 g/mol. The fourth-order valence-electron chi connectivity index (χ4n) is 10.9. The van der Waals surface area contributed by atoms with Gasteiger partial charge in [0, 0.05) is 22.3 Å². The van der Waals surface area contributed by atoms with Crippen molar-refractivity contribution in [2.24, 2.45) is 44.8 Å². The van der Waals surface area contributed by atoms with Crippen LogP contribution in [0.1, 0.15) is 93.4 Å². The number of nitrogens with zero attached hydrogens (tertiary/aromatic N) is 2. The van der Waals surface area contributed by atoms with Crippen LogP contribution in [-0.4, -0.2) is 41.3 Å². The Morgan fingerprint density at radius 2 is 1.67 bits per heavy atom. The van der Waals surface area contributed by atoms with Crippen LogP contribution in [0.25, 0.3) is 0 Å². The number of allylic oxidation sites excluding steroid dienone is 4. The molecule has 7 atom stereocenters. The van der Waals surface area contributed by atoms with Crippen molar-refractivity contribution < 1.29 is 19.1 Å². The van der Waals surface area contributed by atoms with Crippen molar-refractivity contribution in [1.29, 1.82) is 5.26 Å². The number of hydrogen-bond acceptors (Lipinski definition) is 5. The first-order valence-electron chi connectivity index (χ1n) is 15.0. The lowest BCUT2D eigenvalue weighted by atomic mass is 9.35. The Balaban J connectivity index is 1.52. The van der Waals surface area contributed by atoms with Crippen LogP contribution in [0.15, 0.2) is 23.3 Å². The van der Waals surface area contributed by atoms with Gasteiger partial charge in [-0.15, -0.1) is 0 Å². The summed E-state index contributed by atoms with van der Waals surface area (Å²) in [6.07, 6.45) is 10.1. The molecule has 39 heavy (non-hydrogen) atoms. The van der Waals surface area contributed by atoms with E-state index in [9.17, 15) is 19.6 Å². The lowest BCUT2D eigenvalue weighted by molar-refractivity contribution is -0.171. The van der Waals surface area contributed by atoms with Gasteiger partial charge in [0.1, 0.15) is 12.7 Å². The highest BCUT2D eigenvalue weighted by Gasteiger charge is 2.71. The van der Waals surface area contributed by atoms with Gasteiger partial charge in [-0.1, -0.05) is 60.1 Å². The highest BCUT2D eigenvalue weighted by atomic mass is 16.6. The Labute approximate surface area is 233 Å². The number of carbonyl (C=O) groups is 3. The van der Waals surface area contributed by atoms with Crippen molar-refractivity contribution in [3.63, 3.8) is 0 Å². The monoisotopic (exact) mass is 532 g/mol. The molecule has 0 N–H and O–H groups in total. The minimum absolute atomic E-state index is 0.0394. The predicted octanol–water partition coefficient (Wildman–Crippen LogP) is 6.41. The van der Waals surface area contributed by atoms with E-state index >= 15 is 0 Å². The first kappa shape index (κ1) is 26.8. The predicted molar refractivity (Wildman–Crippen MR) is 147 cm³/mol. The number of ether oxygens (including phenoxy) is 1.